The molecule has 0 aromatic carbocycles. The summed E-state index contributed by atoms with van der Waals surface area (Å²) in [7, 11) is 0. The minimum atomic E-state index is 0.167. The van der Waals surface area contributed by atoms with Crippen LogP contribution in [0.4, 0.5) is 0 Å². The molecule has 0 amide bonds. The van der Waals surface area contributed by atoms with Gasteiger partial charge in [0.05, 0.1) is 0 Å². The van der Waals surface area contributed by atoms with E-state index in [1.54, 1.807) is 0 Å². The molecule has 84 valence electrons. The van der Waals surface area contributed by atoms with Gasteiger partial charge in [-0.25, -0.2) is 0 Å². The molecule has 1 aliphatic rings. The van der Waals surface area contributed by atoms with Gasteiger partial charge in [-0.3, -0.25) is 0 Å². The van der Waals surface area contributed by atoms with Crippen molar-refractivity contribution in [1.82, 2.24) is 0 Å². The third-order valence-corrected chi connectivity index (χ3v) is 3.96. The summed E-state index contributed by atoms with van der Waals surface area (Å²) in [6, 6.07) is 0. The van der Waals surface area contributed by atoms with Crippen molar-refractivity contribution in [2.75, 3.05) is 0 Å². The Hall–Kier alpha value is -0.0400. The highest BCUT2D eigenvalue weighted by molar-refractivity contribution is 4.88. The van der Waals surface area contributed by atoms with Crippen LogP contribution in [0.3, 0.4) is 0 Å². The van der Waals surface area contributed by atoms with Crippen molar-refractivity contribution in [3.8, 4) is 0 Å². The third kappa shape index (κ3) is 3.61. The SMILES string of the molecule is CCC(C)CC1(N)CCCC(C)CC1. The molecule has 1 nitrogen and oxygen atoms in total. The molecule has 1 saturated carbocycles. The van der Waals surface area contributed by atoms with E-state index in [0.29, 0.717) is 0 Å². The third-order valence-electron chi connectivity index (χ3n) is 3.96. The first-order valence-corrected chi connectivity index (χ1v) is 6.34. The Morgan fingerprint density at radius 2 is 2.07 bits per heavy atom. The fourth-order valence-electron chi connectivity index (χ4n) is 2.65. The van der Waals surface area contributed by atoms with Crippen LogP contribution in [-0.2, 0) is 0 Å². The van der Waals surface area contributed by atoms with Crippen LogP contribution in [0.5, 0.6) is 0 Å². The highest BCUT2D eigenvalue weighted by Gasteiger charge is 2.29. The van der Waals surface area contributed by atoms with E-state index >= 15 is 0 Å². The minimum Gasteiger partial charge on any atom is -0.325 e. The van der Waals surface area contributed by atoms with Gasteiger partial charge < -0.3 is 5.73 Å². The molecule has 3 unspecified atom stereocenters. The Kier molecular flexibility index (Phi) is 4.43. The molecule has 14 heavy (non-hydrogen) atoms. The minimum absolute atomic E-state index is 0.167. The maximum absolute atomic E-state index is 6.50. The molecule has 0 heterocycles. The monoisotopic (exact) mass is 197 g/mol. The molecule has 0 radical (unpaired) electrons. The molecule has 1 heteroatoms. The first kappa shape index (κ1) is 12.0. The molecule has 2 N–H and O–H groups in total. The van der Waals surface area contributed by atoms with Crippen LogP contribution in [0.25, 0.3) is 0 Å². The quantitative estimate of drug-likeness (QED) is 0.686. The van der Waals surface area contributed by atoms with E-state index in [9.17, 15) is 0 Å². The van der Waals surface area contributed by atoms with Gasteiger partial charge in [0.2, 0.25) is 0 Å². The summed E-state index contributed by atoms with van der Waals surface area (Å²) in [4.78, 5) is 0. The number of rotatable bonds is 3. The van der Waals surface area contributed by atoms with E-state index in [4.69, 9.17) is 5.73 Å². The predicted molar refractivity (Wildman–Crippen MR) is 63.2 cm³/mol. The summed E-state index contributed by atoms with van der Waals surface area (Å²) >= 11 is 0. The standard InChI is InChI=1S/C13H27N/c1-4-11(2)10-13(14)8-5-6-12(3)7-9-13/h11-12H,4-10,14H2,1-3H3. The molecule has 0 aliphatic heterocycles. The molecule has 1 aliphatic carbocycles. The van der Waals surface area contributed by atoms with E-state index in [2.05, 4.69) is 20.8 Å². The first-order valence-electron chi connectivity index (χ1n) is 6.34. The largest absolute Gasteiger partial charge is 0.325 e. The van der Waals surface area contributed by atoms with E-state index in [0.717, 1.165) is 11.8 Å². The van der Waals surface area contributed by atoms with Gasteiger partial charge in [0.1, 0.15) is 0 Å². The van der Waals surface area contributed by atoms with Crippen molar-refractivity contribution in [2.45, 2.75) is 71.3 Å². The second-order valence-corrected chi connectivity index (χ2v) is 5.62. The normalized spacial score (nSPS) is 36.4. The maximum Gasteiger partial charge on any atom is 0.0157 e. The van der Waals surface area contributed by atoms with Crippen LogP contribution >= 0.6 is 0 Å². The lowest BCUT2D eigenvalue weighted by molar-refractivity contribution is 0.286. The molecule has 0 aromatic rings. The van der Waals surface area contributed by atoms with Crippen LogP contribution < -0.4 is 5.73 Å². The van der Waals surface area contributed by atoms with Crippen LogP contribution in [0.1, 0.15) is 65.7 Å². The number of hydrogen-bond acceptors (Lipinski definition) is 1. The van der Waals surface area contributed by atoms with Crippen LogP contribution in [0, 0.1) is 11.8 Å². The Balaban J connectivity index is 2.46. The maximum atomic E-state index is 6.50. The summed E-state index contributed by atoms with van der Waals surface area (Å²) in [6.45, 7) is 6.98. The first-order chi connectivity index (χ1) is 6.56. The lowest BCUT2D eigenvalue weighted by Gasteiger charge is -2.30. The molecule has 0 aromatic heterocycles. The van der Waals surface area contributed by atoms with Gasteiger partial charge in [-0.15, -0.1) is 0 Å². The van der Waals surface area contributed by atoms with E-state index in [-0.39, 0.29) is 5.54 Å². The molecule has 0 spiro atoms. The number of nitrogens with two attached hydrogens (primary N) is 1. The molecule has 3 atom stereocenters. The van der Waals surface area contributed by atoms with Gasteiger partial charge >= 0.3 is 0 Å². The van der Waals surface area contributed by atoms with E-state index in [1.807, 2.05) is 0 Å². The van der Waals surface area contributed by atoms with Crippen molar-refractivity contribution in [2.24, 2.45) is 17.6 Å². The summed E-state index contributed by atoms with van der Waals surface area (Å²) in [5, 5.41) is 0. The molecule has 0 bridgehead atoms. The summed E-state index contributed by atoms with van der Waals surface area (Å²) in [5.74, 6) is 1.70. The Bertz CT molecular complexity index is 167. The van der Waals surface area contributed by atoms with Gasteiger partial charge in [0.15, 0.2) is 0 Å². The molecular weight excluding hydrogens is 170 g/mol. The van der Waals surface area contributed by atoms with Crippen LogP contribution in [0.2, 0.25) is 0 Å². The van der Waals surface area contributed by atoms with E-state index in [1.165, 1.54) is 44.9 Å². The second kappa shape index (κ2) is 5.16. The predicted octanol–water partition coefficient (Wildman–Crippen LogP) is 3.72. The van der Waals surface area contributed by atoms with Crippen molar-refractivity contribution in [1.29, 1.82) is 0 Å². The smallest absolute Gasteiger partial charge is 0.0157 e. The highest BCUT2D eigenvalue weighted by atomic mass is 14.7. The molecule has 1 rings (SSSR count). The van der Waals surface area contributed by atoms with Crippen molar-refractivity contribution >= 4 is 0 Å². The van der Waals surface area contributed by atoms with Gasteiger partial charge in [-0.1, -0.05) is 40.0 Å². The van der Waals surface area contributed by atoms with Gasteiger partial charge in [0.25, 0.3) is 0 Å². The van der Waals surface area contributed by atoms with E-state index < -0.39 is 0 Å². The average Bonchev–Trinajstić information content (AvgIpc) is 2.29. The Labute approximate surface area is 89.5 Å². The summed E-state index contributed by atoms with van der Waals surface area (Å²) in [5.41, 5.74) is 6.66. The van der Waals surface area contributed by atoms with Crippen molar-refractivity contribution in [3.05, 3.63) is 0 Å². The fourth-order valence-corrected chi connectivity index (χ4v) is 2.65. The van der Waals surface area contributed by atoms with Gasteiger partial charge in [-0.05, 0) is 37.5 Å². The second-order valence-electron chi connectivity index (χ2n) is 5.62. The lowest BCUT2D eigenvalue weighted by Crippen LogP contribution is -2.40. The van der Waals surface area contributed by atoms with Crippen LogP contribution in [-0.4, -0.2) is 5.54 Å². The lowest BCUT2D eigenvalue weighted by atomic mass is 9.82. The van der Waals surface area contributed by atoms with Gasteiger partial charge in [0, 0.05) is 5.54 Å². The molecule has 0 saturated heterocycles. The highest BCUT2D eigenvalue weighted by Crippen LogP contribution is 2.33. The fraction of sp³-hybridized carbons (Fsp3) is 1.00. The van der Waals surface area contributed by atoms with Crippen LogP contribution in [0.15, 0.2) is 0 Å². The Morgan fingerprint density at radius 3 is 2.71 bits per heavy atom. The van der Waals surface area contributed by atoms with Crippen molar-refractivity contribution < 1.29 is 0 Å². The van der Waals surface area contributed by atoms with Gasteiger partial charge in [-0.2, -0.15) is 0 Å². The molecule has 1 fully saturated rings. The molecular formula is C13H27N. The summed E-state index contributed by atoms with van der Waals surface area (Å²) in [6.07, 6.45) is 9.07. The Morgan fingerprint density at radius 1 is 1.36 bits per heavy atom. The number of hydrogen-bond donors (Lipinski definition) is 1. The topological polar surface area (TPSA) is 26.0 Å². The average molecular weight is 197 g/mol. The van der Waals surface area contributed by atoms with Crippen molar-refractivity contribution in [3.63, 3.8) is 0 Å². The zero-order valence-corrected chi connectivity index (χ0v) is 10.2. The zero-order valence-electron chi connectivity index (χ0n) is 10.2. The summed E-state index contributed by atoms with van der Waals surface area (Å²) < 4.78 is 0. The zero-order chi connectivity index (χ0) is 10.6.